The lowest BCUT2D eigenvalue weighted by molar-refractivity contribution is -0.134. The third kappa shape index (κ3) is 1.40. The summed E-state index contributed by atoms with van der Waals surface area (Å²) in [5.74, 6) is -3.14. The maximum atomic E-state index is 10.3. The molecule has 0 saturated heterocycles. The van der Waals surface area contributed by atoms with E-state index >= 15 is 0 Å². The van der Waals surface area contributed by atoms with Gasteiger partial charge in [-0.05, 0) is 12.1 Å². The summed E-state index contributed by atoms with van der Waals surface area (Å²) in [7, 11) is 0. The van der Waals surface area contributed by atoms with Crippen LogP contribution in [0.2, 0.25) is 0 Å². The number of aliphatic hydroxyl groups excluding tert-OH is 1. The second-order valence-electron chi connectivity index (χ2n) is 2.95. The molecule has 0 saturated carbocycles. The Labute approximate surface area is 83.4 Å². The molecule has 1 unspecified atom stereocenters. The van der Waals surface area contributed by atoms with Crippen LogP contribution in [0.1, 0.15) is 0 Å². The summed E-state index contributed by atoms with van der Waals surface area (Å²) in [6.07, 6.45) is -1.72. The summed E-state index contributed by atoms with van der Waals surface area (Å²) in [4.78, 5) is 13.9. The highest BCUT2D eigenvalue weighted by molar-refractivity contribution is 5.60. The molecular formula is C9H7NO5. The molecule has 0 radical (unpaired) electrons. The van der Waals surface area contributed by atoms with Crippen LogP contribution in [0.5, 0.6) is 0 Å². The normalized spacial score (nSPS) is 23.1. The van der Waals surface area contributed by atoms with E-state index in [1.54, 1.807) is 12.1 Å². The Balaban J connectivity index is 2.61. The Morgan fingerprint density at radius 1 is 1.40 bits per heavy atom. The molecule has 0 amide bonds. The summed E-state index contributed by atoms with van der Waals surface area (Å²) < 4.78 is 4.11. The molecule has 1 aliphatic heterocycles. The van der Waals surface area contributed by atoms with E-state index in [0.717, 1.165) is 0 Å². The van der Waals surface area contributed by atoms with Gasteiger partial charge in [-0.15, -0.1) is 0 Å². The Bertz CT molecular complexity index is 538. The van der Waals surface area contributed by atoms with Crippen LogP contribution in [0.15, 0.2) is 29.3 Å². The number of rotatable bonds is 1. The lowest BCUT2D eigenvalue weighted by atomic mass is 10.2. The SMILES string of the molecule is O=C(O)OC1(O)N=c2ccccc2=C1O. The highest BCUT2D eigenvalue weighted by atomic mass is 16.7. The smallest absolute Gasteiger partial charge is 0.504 e. The second-order valence-corrected chi connectivity index (χ2v) is 2.95. The van der Waals surface area contributed by atoms with Crippen molar-refractivity contribution in [2.24, 2.45) is 4.99 Å². The zero-order valence-corrected chi connectivity index (χ0v) is 7.41. The van der Waals surface area contributed by atoms with Gasteiger partial charge in [-0.1, -0.05) is 12.1 Å². The summed E-state index contributed by atoms with van der Waals surface area (Å²) in [5, 5.41) is 28.0. The van der Waals surface area contributed by atoms with Gasteiger partial charge in [0.05, 0.1) is 5.36 Å². The van der Waals surface area contributed by atoms with Crippen LogP contribution >= 0.6 is 0 Å². The van der Waals surface area contributed by atoms with E-state index in [-0.39, 0.29) is 10.6 Å². The van der Waals surface area contributed by atoms with Crippen LogP contribution in [0.4, 0.5) is 4.79 Å². The number of ether oxygens (including phenoxy) is 1. The number of fused-ring (bicyclic) bond motifs is 1. The lowest BCUT2D eigenvalue weighted by Gasteiger charge is -2.16. The molecule has 1 aromatic carbocycles. The third-order valence-corrected chi connectivity index (χ3v) is 1.97. The number of hydrogen-bond donors (Lipinski definition) is 3. The Morgan fingerprint density at radius 2 is 2.07 bits per heavy atom. The Hall–Kier alpha value is -2.08. The molecule has 1 aromatic rings. The molecule has 1 aliphatic rings. The Morgan fingerprint density at radius 3 is 2.67 bits per heavy atom. The number of nitrogens with zero attached hydrogens (tertiary/aromatic N) is 1. The average molecular weight is 209 g/mol. The van der Waals surface area contributed by atoms with E-state index in [1.807, 2.05) is 0 Å². The zero-order valence-electron chi connectivity index (χ0n) is 7.41. The molecule has 0 fully saturated rings. The number of benzene rings is 1. The van der Waals surface area contributed by atoms with E-state index in [2.05, 4.69) is 9.73 Å². The van der Waals surface area contributed by atoms with Gasteiger partial charge >= 0.3 is 12.1 Å². The first kappa shape index (κ1) is 9.47. The van der Waals surface area contributed by atoms with E-state index in [1.165, 1.54) is 12.1 Å². The fourth-order valence-electron chi connectivity index (χ4n) is 1.36. The molecule has 1 atom stereocenters. The van der Waals surface area contributed by atoms with Crippen molar-refractivity contribution in [3.05, 3.63) is 34.8 Å². The average Bonchev–Trinajstić information content (AvgIpc) is 2.39. The van der Waals surface area contributed by atoms with Gasteiger partial charge < -0.3 is 20.1 Å². The molecule has 6 heteroatoms. The predicted octanol–water partition coefficient (Wildman–Crippen LogP) is -0.673. The van der Waals surface area contributed by atoms with E-state index in [9.17, 15) is 15.0 Å². The molecule has 1 heterocycles. The van der Waals surface area contributed by atoms with Crippen LogP contribution < -0.4 is 10.6 Å². The second kappa shape index (κ2) is 2.96. The van der Waals surface area contributed by atoms with Gasteiger partial charge in [-0.3, -0.25) is 0 Å². The minimum Gasteiger partial charge on any atom is -0.504 e. The third-order valence-electron chi connectivity index (χ3n) is 1.97. The molecular weight excluding hydrogens is 202 g/mol. The summed E-state index contributed by atoms with van der Waals surface area (Å²) in [6, 6.07) is 6.28. The van der Waals surface area contributed by atoms with Crippen LogP contribution in [-0.2, 0) is 4.74 Å². The van der Waals surface area contributed by atoms with Crippen molar-refractivity contribution in [3.63, 3.8) is 0 Å². The van der Waals surface area contributed by atoms with Gasteiger partial charge in [0.2, 0.25) is 5.76 Å². The van der Waals surface area contributed by atoms with E-state index in [0.29, 0.717) is 0 Å². The molecule has 0 bridgehead atoms. The molecule has 78 valence electrons. The molecule has 0 aromatic heterocycles. The standard InChI is InChI=1S/C9H7NO5/c11-7-5-3-1-2-4-6(5)10-9(7,14)15-8(12)13/h1-4,11,14H,(H,12,13). The van der Waals surface area contributed by atoms with Crippen molar-refractivity contribution in [2.45, 2.75) is 5.91 Å². The minimum atomic E-state index is -2.52. The van der Waals surface area contributed by atoms with Crippen molar-refractivity contribution in [3.8, 4) is 0 Å². The zero-order chi connectivity index (χ0) is 11.1. The first-order valence-corrected chi connectivity index (χ1v) is 4.06. The first-order valence-electron chi connectivity index (χ1n) is 4.06. The maximum absolute atomic E-state index is 10.3. The van der Waals surface area contributed by atoms with Crippen LogP contribution in [-0.4, -0.2) is 27.4 Å². The molecule has 15 heavy (non-hydrogen) atoms. The van der Waals surface area contributed by atoms with E-state index < -0.39 is 17.8 Å². The number of hydrogen-bond acceptors (Lipinski definition) is 5. The van der Waals surface area contributed by atoms with Gasteiger partial charge in [0.25, 0.3) is 0 Å². The summed E-state index contributed by atoms with van der Waals surface area (Å²) in [5.41, 5.74) is 0. The molecule has 0 spiro atoms. The fraction of sp³-hybridized carbons (Fsp3) is 0.111. The predicted molar refractivity (Wildman–Crippen MR) is 47.3 cm³/mol. The highest BCUT2D eigenvalue weighted by Crippen LogP contribution is 2.19. The number of carboxylic acid groups (broad SMARTS) is 1. The van der Waals surface area contributed by atoms with Crippen molar-refractivity contribution in [1.29, 1.82) is 0 Å². The number of para-hydroxylation sites is 1. The fourth-order valence-corrected chi connectivity index (χ4v) is 1.36. The quantitative estimate of drug-likeness (QED) is 0.420. The maximum Gasteiger partial charge on any atom is 0.510 e. The Kier molecular flexibility index (Phi) is 1.87. The topological polar surface area (TPSA) is 99.4 Å². The van der Waals surface area contributed by atoms with Crippen molar-refractivity contribution >= 4 is 11.9 Å². The van der Waals surface area contributed by atoms with Gasteiger partial charge in [0.1, 0.15) is 0 Å². The van der Waals surface area contributed by atoms with Crippen LogP contribution in [0, 0.1) is 0 Å². The lowest BCUT2D eigenvalue weighted by Crippen LogP contribution is -2.33. The summed E-state index contributed by atoms with van der Waals surface area (Å²) >= 11 is 0. The number of aliphatic hydroxyl groups is 2. The molecule has 0 aliphatic carbocycles. The molecule has 2 rings (SSSR count). The van der Waals surface area contributed by atoms with Gasteiger partial charge in [0.15, 0.2) is 0 Å². The monoisotopic (exact) mass is 209 g/mol. The van der Waals surface area contributed by atoms with Gasteiger partial charge in [-0.2, -0.15) is 0 Å². The largest absolute Gasteiger partial charge is 0.510 e. The minimum absolute atomic E-state index is 0.251. The van der Waals surface area contributed by atoms with Crippen molar-refractivity contribution in [2.75, 3.05) is 0 Å². The van der Waals surface area contributed by atoms with Gasteiger partial charge in [-0.25, -0.2) is 9.79 Å². The van der Waals surface area contributed by atoms with E-state index in [4.69, 9.17) is 5.11 Å². The van der Waals surface area contributed by atoms with Crippen molar-refractivity contribution in [1.82, 2.24) is 0 Å². The molecule has 6 nitrogen and oxygen atoms in total. The molecule has 3 N–H and O–H groups in total. The summed E-state index contributed by atoms with van der Waals surface area (Å²) in [6.45, 7) is 0. The number of carbonyl (C=O) groups is 1. The van der Waals surface area contributed by atoms with Crippen molar-refractivity contribution < 1.29 is 24.9 Å². The van der Waals surface area contributed by atoms with Crippen LogP contribution in [0.3, 0.4) is 0 Å². The highest BCUT2D eigenvalue weighted by Gasteiger charge is 2.40. The first-order chi connectivity index (χ1) is 7.03. The van der Waals surface area contributed by atoms with Gasteiger partial charge in [0, 0.05) is 5.22 Å². The van der Waals surface area contributed by atoms with Crippen LogP contribution in [0.25, 0.3) is 5.76 Å².